The molecule has 1 aromatic carbocycles. The number of alkyl halides is 3. The SMILES string of the molecule is Nn1c(SCC(=O)Nc2cccc(C(F)(F)F)c2)nnc(CCC(=O)O)c1=O. The first-order valence-electron chi connectivity index (χ1n) is 7.63. The number of carbonyl (C=O) groups excluding carboxylic acids is 1. The highest BCUT2D eigenvalue weighted by molar-refractivity contribution is 7.99. The number of aliphatic carboxylic acids is 1. The number of nitrogens with one attached hydrogen (secondary N) is 1. The molecule has 150 valence electrons. The predicted octanol–water partition coefficient (Wildman–Crippen LogP) is 1.12. The van der Waals surface area contributed by atoms with Crippen molar-refractivity contribution in [1.29, 1.82) is 0 Å². The molecule has 2 rings (SSSR count). The number of hydrogen-bond acceptors (Lipinski definition) is 7. The van der Waals surface area contributed by atoms with Gasteiger partial charge in [0.1, 0.15) is 5.69 Å². The predicted molar refractivity (Wildman–Crippen MR) is 93.2 cm³/mol. The van der Waals surface area contributed by atoms with E-state index in [0.29, 0.717) is 4.68 Å². The Kier molecular flexibility index (Phi) is 6.62. The standard InChI is InChI=1S/C15H14F3N5O4S/c16-15(17,18)8-2-1-3-9(6-8)20-11(24)7-28-14-22-21-10(4-5-12(25)26)13(27)23(14)19/h1-3,6H,4-5,7,19H2,(H,20,24)(H,25,26). The van der Waals surface area contributed by atoms with Crippen LogP contribution in [0.25, 0.3) is 0 Å². The van der Waals surface area contributed by atoms with Crippen LogP contribution in [0.5, 0.6) is 0 Å². The molecular weight excluding hydrogens is 403 g/mol. The molecule has 1 aromatic heterocycles. The quantitative estimate of drug-likeness (QED) is 0.450. The number of aryl methyl sites for hydroxylation is 1. The lowest BCUT2D eigenvalue weighted by Crippen LogP contribution is -2.34. The molecule has 1 amide bonds. The minimum atomic E-state index is -4.54. The molecule has 0 unspecified atom stereocenters. The highest BCUT2D eigenvalue weighted by Gasteiger charge is 2.30. The van der Waals surface area contributed by atoms with Crippen molar-refractivity contribution >= 4 is 29.3 Å². The zero-order valence-electron chi connectivity index (χ0n) is 14.1. The van der Waals surface area contributed by atoms with Crippen molar-refractivity contribution in [1.82, 2.24) is 14.9 Å². The number of amides is 1. The Morgan fingerprint density at radius 3 is 2.64 bits per heavy atom. The van der Waals surface area contributed by atoms with Crippen LogP contribution in [-0.4, -0.2) is 37.6 Å². The van der Waals surface area contributed by atoms with Crippen molar-refractivity contribution < 1.29 is 27.9 Å². The number of benzene rings is 1. The fraction of sp³-hybridized carbons (Fsp3) is 0.267. The smallest absolute Gasteiger partial charge is 0.416 e. The highest BCUT2D eigenvalue weighted by Crippen LogP contribution is 2.30. The van der Waals surface area contributed by atoms with Gasteiger partial charge in [0, 0.05) is 12.1 Å². The van der Waals surface area contributed by atoms with Crippen LogP contribution in [0.15, 0.2) is 34.2 Å². The van der Waals surface area contributed by atoms with Gasteiger partial charge in [-0.3, -0.25) is 14.4 Å². The number of carboxylic acid groups (broad SMARTS) is 1. The summed E-state index contributed by atoms with van der Waals surface area (Å²) in [7, 11) is 0. The molecule has 2 aromatic rings. The van der Waals surface area contributed by atoms with Gasteiger partial charge in [-0.2, -0.15) is 17.8 Å². The summed E-state index contributed by atoms with van der Waals surface area (Å²) in [6.07, 6.45) is -5.02. The third-order valence-electron chi connectivity index (χ3n) is 3.31. The molecule has 9 nitrogen and oxygen atoms in total. The highest BCUT2D eigenvalue weighted by atomic mass is 32.2. The van der Waals surface area contributed by atoms with Crippen LogP contribution in [-0.2, 0) is 22.2 Å². The molecule has 28 heavy (non-hydrogen) atoms. The molecule has 0 saturated heterocycles. The molecule has 0 fully saturated rings. The van der Waals surface area contributed by atoms with E-state index in [2.05, 4.69) is 15.5 Å². The number of aromatic nitrogens is 3. The van der Waals surface area contributed by atoms with Crippen LogP contribution in [0.2, 0.25) is 0 Å². The van der Waals surface area contributed by atoms with Crippen molar-refractivity contribution in [2.24, 2.45) is 0 Å². The van der Waals surface area contributed by atoms with E-state index in [1.54, 1.807) is 0 Å². The molecule has 0 aliphatic carbocycles. The topological polar surface area (TPSA) is 140 Å². The number of thioether (sulfide) groups is 1. The molecular formula is C15H14F3N5O4S. The van der Waals surface area contributed by atoms with E-state index in [0.717, 1.165) is 30.0 Å². The number of carbonyl (C=O) groups is 2. The summed E-state index contributed by atoms with van der Waals surface area (Å²) in [5.74, 6) is 3.52. The van der Waals surface area contributed by atoms with Crippen LogP contribution in [0.3, 0.4) is 0 Å². The molecule has 4 N–H and O–H groups in total. The van der Waals surface area contributed by atoms with Gasteiger partial charge in [0.15, 0.2) is 0 Å². The zero-order valence-corrected chi connectivity index (χ0v) is 14.9. The van der Waals surface area contributed by atoms with Gasteiger partial charge in [-0.05, 0) is 18.2 Å². The Balaban J connectivity index is 2.00. The van der Waals surface area contributed by atoms with E-state index in [1.165, 1.54) is 6.07 Å². The number of halogens is 3. The number of nitrogens with two attached hydrogens (primary N) is 1. The third kappa shape index (κ3) is 5.70. The molecule has 0 spiro atoms. The monoisotopic (exact) mass is 417 g/mol. The maximum absolute atomic E-state index is 12.7. The van der Waals surface area contributed by atoms with Gasteiger partial charge in [-0.25, -0.2) is 0 Å². The lowest BCUT2D eigenvalue weighted by molar-refractivity contribution is -0.138. The van der Waals surface area contributed by atoms with Crippen molar-refractivity contribution in [3.63, 3.8) is 0 Å². The van der Waals surface area contributed by atoms with Gasteiger partial charge >= 0.3 is 12.1 Å². The number of nitrogens with zero attached hydrogens (tertiary/aromatic N) is 3. The van der Waals surface area contributed by atoms with E-state index in [4.69, 9.17) is 10.9 Å². The minimum absolute atomic E-state index is 0.0410. The fourth-order valence-corrected chi connectivity index (χ4v) is 2.65. The molecule has 0 bridgehead atoms. The second-order valence-electron chi connectivity index (χ2n) is 5.41. The van der Waals surface area contributed by atoms with Gasteiger partial charge in [0.25, 0.3) is 5.56 Å². The van der Waals surface area contributed by atoms with Crippen LogP contribution in [0.4, 0.5) is 18.9 Å². The zero-order chi connectivity index (χ0) is 20.9. The van der Waals surface area contributed by atoms with E-state index < -0.39 is 29.2 Å². The van der Waals surface area contributed by atoms with Crippen molar-refractivity contribution in [2.45, 2.75) is 24.2 Å². The summed E-state index contributed by atoms with van der Waals surface area (Å²) in [4.78, 5) is 34.5. The molecule has 0 aliphatic heterocycles. The summed E-state index contributed by atoms with van der Waals surface area (Å²) in [6, 6.07) is 4.12. The van der Waals surface area contributed by atoms with E-state index in [-0.39, 0.29) is 35.1 Å². The molecule has 13 heteroatoms. The van der Waals surface area contributed by atoms with Crippen LogP contribution >= 0.6 is 11.8 Å². The Morgan fingerprint density at radius 2 is 2.00 bits per heavy atom. The number of carboxylic acids is 1. The van der Waals surface area contributed by atoms with E-state index in [1.807, 2.05) is 0 Å². The van der Waals surface area contributed by atoms with E-state index in [9.17, 15) is 27.6 Å². The number of hydrogen-bond donors (Lipinski definition) is 3. The van der Waals surface area contributed by atoms with Crippen LogP contribution in [0, 0.1) is 0 Å². The number of anilines is 1. The fourth-order valence-electron chi connectivity index (χ4n) is 2.00. The van der Waals surface area contributed by atoms with Gasteiger partial charge in [0.05, 0.1) is 17.7 Å². The summed E-state index contributed by atoms with van der Waals surface area (Å²) >= 11 is 0.745. The number of nitrogen functional groups attached to an aromatic ring is 1. The van der Waals surface area contributed by atoms with Crippen LogP contribution < -0.4 is 16.7 Å². The Bertz CT molecular complexity index is 948. The van der Waals surface area contributed by atoms with Crippen molar-refractivity contribution in [3.8, 4) is 0 Å². The lowest BCUT2D eigenvalue weighted by Gasteiger charge is -2.10. The summed E-state index contributed by atoms with van der Waals surface area (Å²) in [5, 5.41) is 18.1. The average Bonchev–Trinajstić information content (AvgIpc) is 2.61. The largest absolute Gasteiger partial charge is 0.481 e. The van der Waals surface area contributed by atoms with Crippen molar-refractivity contribution in [3.05, 3.63) is 45.9 Å². The van der Waals surface area contributed by atoms with Crippen molar-refractivity contribution in [2.75, 3.05) is 16.9 Å². The van der Waals surface area contributed by atoms with E-state index >= 15 is 0 Å². The minimum Gasteiger partial charge on any atom is -0.481 e. The average molecular weight is 417 g/mol. The second kappa shape index (κ2) is 8.73. The summed E-state index contributed by atoms with van der Waals surface area (Å²) < 4.78 is 38.7. The van der Waals surface area contributed by atoms with Gasteiger partial charge in [-0.1, -0.05) is 17.8 Å². The first-order valence-corrected chi connectivity index (χ1v) is 8.62. The maximum atomic E-state index is 12.7. The maximum Gasteiger partial charge on any atom is 0.416 e. The van der Waals surface area contributed by atoms with Gasteiger partial charge in [0.2, 0.25) is 11.1 Å². The normalized spacial score (nSPS) is 11.2. The Morgan fingerprint density at radius 1 is 1.29 bits per heavy atom. The first-order chi connectivity index (χ1) is 13.1. The molecule has 0 saturated carbocycles. The molecule has 1 heterocycles. The molecule has 0 atom stereocenters. The molecule has 0 radical (unpaired) electrons. The van der Waals surface area contributed by atoms with Gasteiger partial charge < -0.3 is 16.3 Å². The summed E-state index contributed by atoms with van der Waals surface area (Å²) in [6.45, 7) is 0. The van der Waals surface area contributed by atoms with Crippen LogP contribution in [0.1, 0.15) is 17.7 Å². The molecule has 0 aliphatic rings. The Labute approximate surface area is 159 Å². The number of rotatable bonds is 7. The third-order valence-corrected chi connectivity index (χ3v) is 4.25. The first kappa shape index (κ1) is 21.2. The second-order valence-corrected chi connectivity index (χ2v) is 6.36. The Hall–Kier alpha value is -3.09. The van der Waals surface area contributed by atoms with Gasteiger partial charge in [-0.15, -0.1) is 10.2 Å². The lowest BCUT2D eigenvalue weighted by atomic mass is 10.2. The summed E-state index contributed by atoms with van der Waals surface area (Å²) in [5.41, 5.74) is -1.84.